The molecule has 1 saturated heterocycles. The maximum absolute atomic E-state index is 12.6. The molecule has 10 nitrogen and oxygen atoms in total. The van der Waals surface area contributed by atoms with Gasteiger partial charge in [-0.3, -0.25) is 10.1 Å². The van der Waals surface area contributed by atoms with Gasteiger partial charge in [0.25, 0.3) is 5.91 Å². The van der Waals surface area contributed by atoms with Gasteiger partial charge in [-0.25, -0.2) is 15.0 Å². The smallest absolute Gasteiger partial charge is 0.268 e. The average Bonchev–Trinajstić information content (AvgIpc) is 3.24. The summed E-state index contributed by atoms with van der Waals surface area (Å²) in [5.41, 5.74) is 2.40. The maximum Gasteiger partial charge on any atom is 0.268 e. The lowest BCUT2D eigenvalue weighted by molar-refractivity contribution is 0.0833. The van der Waals surface area contributed by atoms with E-state index in [0.29, 0.717) is 24.1 Å². The molecular weight excluding hydrogens is 418 g/mol. The van der Waals surface area contributed by atoms with E-state index in [0.717, 1.165) is 55.7 Å². The van der Waals surface area contributed by atoms with Crippen molar-refractivity contribution in [3.63, 3.8) is 0 Å². The molecule has 2 N–H and O–H groups in total. The van der Waals surface area contributed by atoms with Crippen LogP contribution >= 0.6 is 0 Å². The molecule has 0 bridgehead atoms. The lowest BCUT2D eigenvalue weighted by atomic mass is 9.80. The highest BCUT2D eigenvalue weighted by atomic mass is 16.2. The lowest BCUT2D eigenvalue weighted by Crippen LogP contribution is -2.52. The van der Waals surface area contributed by atoms with Crippen LogP contribution in [0.4, 0.5) is 17.6 Å². The predicted octanol–water partition coefficient (Wildman–Crippen LogP) is 2.12. The normalized spacial score (nSPS) is 20.6. The summed E-state index contributed by atoms with van der Waals surface area (Å²) in [5.74, 6) is 0.858. The predicted molar refractivity (Wildman–Crippen MR) is 126 cm³/mol. The number of amides is 1. The summed E-state index contributed by atoms with van der Waals surface area (Å²) >= 11 is 0. The van der Waals surface area contributed by atoms with Gasteiger partial charge < -0.3 is 19.7 Å². The molecule has 0 atom stereocenters. The van der Waals surface area contributed by atoms with E-state index in [9.17, 15) is 4.79 Å². The molecule has 1 amide bonds. The third-order valence-electron chi connectivity index (χ3n) is 7.34. The summed E-state index contributed by atoms with van der Waals surface area (Å²) in [7, 11) is 2.14. The molecule has 172 valence electrons. The Hall–Kier alpha value is -3.27. The van der Waals surface area contributed by atoms with E-state index in [1.165, 1.54) is 19.3 Å². The summed E-state index contributed by atoms with van der Waals surface area (Å²) in [6.07, 6.45) is 11.1. The molecule has 5 heterocycles. The first-order valence-electron chi connectivity index (χ1n) is 11.8. The molecule has 1 spiro atoms. The molecule has 0 aromatic carbocycles. The second-order valence-corrected chi connectivity index (χ2v) is 9.49. The van der Waals surface area contributed by atoms with Gasteiger partial charge in [0, 0.05) is 44.3 Å². The first kappa shape index (κ1) is 20.3. The molecule has 3 aliphatic rings. The summed E-state index contributed by atoms with van der Waals surface area (Å²) in [5, 5.41) is 7.12. The highest BCUT2D eigenvalue weighted by molar-refractivity contribution is 5.99. The van der Waals surface area contributed by atoms with Gasteiger partial charge in [-0.2, -0.15) is 4.98 Å². The van der Waals surface area contributed by atoms with Gasteiger partial charge in [-0.05, 0) is 26.0 Å². The van der Waals surface area contributed by atoms with E-state index in [-0.39, 0.29) is 11.4 Å². The SMILES string of the molecule is CN1CCN(c2cnc(Nc3ncc4cc5n(c4n3)C3(CCCCC3)CNC5=O)nc2)CC1. The Balaban J connectivity index is 1.29. The first-order valence-corrected chi connectivity index (χ1v) is 11.8. The zero-order valence-electron chi connectivity index (χ0n) is 18.9. The molecule has 6 rings (SSSR count). The topological polar surface area (TPSA) is 104 Å². The Bertz CT molecular complexity index is 1170. The Kier molecular flexibility index (Phi) is 4.90. The highest BCUT2D eigenvalue weighted by Gasteiger charge is 2.41. The number of hydrogen-bond donors (Lipinski definition) is 2. The van der Waals surface area contributed by atoms with Gasteiger partial charge in [0.15, 0.2) is 0 Å². The van der Waals surface area contributed by atoms with Crippen molar-refractivity contribution in [2.45, 2.75) is 37.6 Å². The number of carbonyl (C=O) groups is 1. The van der Waals surface area contributed by atoms with Gasteiger partial charge in [-0.1, -0.05) is 19.3 Å². The van der Waals surface area contributed by atoms with Crippen LogP contribution in [0.15, 0.2) is 24.7 Å². The van der Waals surface area contributed by atoms with Crippen LogP contribution < -0.4 is 15.5 Å². The molecule has 33 heavy (non-hydrogen) atoms. The highest BCUT2D eigenvalue weighted by Crippen LogP contribution is 2.40. The van der Waals surface area contributed by atoms with Crippen molar-refractivity contribution in [1.82, 2.24) is 34.7 Å². The molecule has 1 aliphatic carbocycles. The third kappa shape index (κ3) is 3.58. The minimum absolute atomic E-state index is 0.0402. The van der Waals surface area contributed by atoms with Gasteiger partial charge in [0.05, 0.1) is 23.6 Å². The lowest BCUT2D eigenvalue weighted by Gasteiger charge is -2.42. The van der Waals surface area contributed by atoms with Crippen molar-refractivity contribution in [1.29, 1.82) is 0 Å². The molecule has 0 radical (unpaired) electrons. The van der Waals surface area contributed by atoms with Crippen LogP contribution in [0, 0.1) is 0 Å². The quantitative estimate of drug-likeness (QED) is 0.629. The van der Waals surface area contributed by atoms with Crippen molar-refractivity contribution in [3.05, 3.63) is 30.4 Å². The number of piperazine rings is 1. The summed E-state index contributed by atoms with van der Waals surface area (Å²) in [6.45, 7) is 4.68. The number of fused-ring (bicyclic) bond motifs is 4. The van der Waals surface area contributed by atoms with Gasteiger partial charge >= 0.3 is 0 Å². The zero-order valence-corrected chi connectivity index (χ0v) is 18.9. The number of aromatic nitrogens is 5. The molecule has 2 aliphatic heterocycles. The molecule has 10 heteroatoms. The van der Waals surface area contributed by atoms with E-state index in [4.69, 9.17) is 4.98 Å². The minimum Gasteiger partial charge on any atom is -0.366 e. The van der Waals surface area contributed by atoms with Crippen LogP contribution in [0.2, 0.25) is 0 Å². The number of anilines is 3. The fourth-order valence-corrected chi connectivity index (χ4v) is 5.43. The Morgan fingerprint density at radius 3 is 2.45 bits per heavy atom. The van der Waals surface area contributed by atoms with Crippen LogP contribution in [-0.4, -0.2) is 75.1 Å². The average molecular weight is 448 g/mol. The number of nitrogens with one attached hydrogen (secondary N) is 2. The maximum atomic E-state index is 12.6. The first-order chi connectivity index (χ1) is 16.1. The van der Waals surface area contributed by atoms with E-state index < -0.39 is 0 Å². The summed E-state index contributed by atoms with van der Waals surface area (Å²) in [6, 6.07) is 1.91. The van der Waals surface area contributed by atoms with Crippen LogP contribution in [0.5, 0.6) is 0 Å². The molecule has 3 aromatic heterocycles. The monoisotopic (exact) mass is 447 g/mol. The number of rotatable bonds is 3. The molecule has 0 unspecified atom stereocenters. The Labute approximate surface area is 192 Å². The van der Waals surface area contributed by atoms with Crippen LogP contribution in [0.1, 0.15) is 42.6 Å². The Morgan fingerprint density at radius 2 is 1.70 bits per heavy atom. The third-order valence-corrected chi connectivity index (χ3v) is 7.34. The molecular formula is C23H29N9O. The van der Waals surface area contributed by atoms with E-state index in [2.05, 4.69) is 47.0 Å². The molecule has 3 aromatic rings. The van der Waals surface area contributed by atoms with Crippen LogP contribution in [0.25, 0.3) is 11.0 Å². The number of carbonyl (C=O) groups excluding carboxylic acids is 1. The van der Waals surface area contributed by atoms with Crippen molar-refractivity contribution in [3.8, 4) is 0 Å². The van der Waals surface area contributed by atoms with Crippen molar-refractivity contribution in [2.24, 2.45) is 0 Å². The van der Waals surface area contributed by atoms with Crippen molar-refractivity contribution >= 4 is 34.5 Å². The van der Waals surface area contributed by atoms with Gasteiger partial charge in [-0.15, -0.1) is 0 Å². The van der Waals surface area contributed by atoms with Crippen LogP contribution in [0.3, 0.4) is 0 Å². The minimum atomic E-state index is -0.102. The molecule has 2 fully saturated rings. The Morgan fingerprint density at radius 1 is 0.970 bits per heavy atom. The van der Waals surface area contributed by atoms with Gasteiger partial charge in [0.1, 0.15) is 11.3 Å². The number of hydrogen-bond acceptors (Lipinski definition) is 8. The van der Waals surface area contributed by atoms with E-state index in [1.807, 2.05) is 18.5 Å². The number of likely N-dealkylation sites (N-methyl/N-ethyl adjacent to an activating group) is 1. The standard InChI is InChI=1S/C23H29N9O/c1-30-7-9-31(10-8-30)17-13-25-21(26-14-17)29-22-24-12-16-11-18-20(33)27-15-23(5-3-2-4-6-23)32(18)19(16)28-22/h11-14H,2-10,15H2,1H3,(H,27,33)(H,24,25,26,28,29). The van der Waals surface area contributed by atoms with Crippen molar-refractivity contribution in [2.75, 3.05) is 50.0 Å². The second kappa shape index (κ2) is 7.95. The van der Waals surface area contributed by atoms with Crippen molar-refractivity contribution < 1.29 is 4.79 Å². The van der Waals surface area contributed by atoms with E-state index in [1.54, 1.807) is 6.20 Å². The largest absolute Gasteiger partial charge is 0.366 e. The zero-order chi connectivity index (χ0) is 22.4. The number of nitrogens with zero attached hydrogens (tertiary/aromatic N) is 7. The fraction of sp³-hybridized carbons (Fsp3) is 0.522. The second-order valence-electron chi connectivity index (χ2n) is 9.49. The summed E-state index contributed by atoms with van der Waals surface area (Å²) < 4.78 is 2.17. The van der Waals surface area contributed by atoms with Gasteiger partial charge in [0.2, 0.25) is 11.9 Å². The summed E-state index contributed by atoms with van der Waals surface area (Å²) in [4.78, 5) is 35.5. The van der Waals surface area contributed by atoms with E-state index >= 15 is 0 Å². The van der Waals surface area contributed by atoms with Crippen LogP contribution in [-0.2, 0) is 5.54 Å². The fourth-order valence-electron chi connectivity index (χ4n) is 5.43. The molecule has 1 saturated carbocycles.